The van der Waals surface area contributed by atoms with Crippen LogP contribution >= 0.6 is 11.6 Å². The highest BCUT2D eigenvalue weighted by molar-refractivity contribution is 6.30. The Kier molecular flexibility index (Phi) is 6.54. The number of nitrogens with zero attached hydrogens (tertiary/aromatic N) is 4. The molecule has 6 heteroatoms. The number of nitriles is 1. The highest BCUT2D eigenvalue weighted by Gasteiger charge is 2.18. The van der Waals surface area contributed by atoms with Gasteiger partial charge in [-0.25, -0.2) is 9.97 Å². The molecule has 0 spiro atoms. The summed E-state index contributed by atoms with van der Waals surface area (Å²) in [6.45, 7) is 5.95. The van der Waals surface area contributed by atoms with Crippen LogP contribution in [0.15, 0.2) is 6.33 Å². The summed E-state index contributed by atoms with van der Waals surface area (Å²) in [7, 11) is 1.65. The van der Waals surface area contributed by atoms with Gasteiger partial charge in [0.05, 0.1) is 19.1 Å². The largest absolute Gasteiger partial charge is 0.383 e. The van der Waals surface area contributed by atoms with Gasteiger partial charge in [-0.05, 0) is 5.92 Å². The Morgan fingerprint density at radius 3 is 2.74 bits per heavy atom. The summed E-state index contributed by atoms with van der Waals surface area (Å²) < 4.78 is 5.10. The summed E-state index contributed by atoms with van der Waals surface area (Å²) in [4.78, 5) is 10.4. The summed E-state index contributed by atoms with van der Waals surface area (Å²) >= 11 is 6.16. The highest BCUT2D eigenvalue weighted by Crippen LogP contribution is 2.30. The first-order chi connectivity index (χ1) is 9.11. The van der Waals surface area contributed by atoms with Crippen molar-refractivity contribution >= 4 is 17.4 Å². The average molecular weight is 283 g/mol. The molecule has 0 saturated carbocycles. The molecule has 0 fully saturated rings. The lowest BCUT2D eigenvalue weighted by atomic mass is 10.1. The molecule has 0 aliphatic heterocycles. The van der Waals surface area contributed by atoms with E-state index < -0.39 is 0 Å². The number of hydrogen-bond acceptors (Lipinski definition) is 5. The molecule has 0 N–H and O–H groups in total. The van der Waals surface area contributed by atoms with E-state index in [9.17, 15) is 0 Å². The van der Waals surface area contributed by atoms with Crippen molar-refractivity contribution in [3.63, 3.8) is 0 Å². The number of methoxy groups -OCH3 is 1. The summed E-state index contributed by atoms with van der Waals surface area (Å²) in [6.07, 6.45) is 1.89. The van der Waals surface area contributed by atoms with Crippen molar-refractivity contribution in [2.75, 3.05) is 31.7 Å². The number of anilines is 1. The zero-order chi connectivity index (χ0) is 14.3. The molecule has 0 aliphatic rings. The third-order valence-electron chi connectivity index (χ3n) is 2.75. The molecule has 104 valence electrons. The van der Waals surface area contributed by atoms with Gasteiger partial charge >= 0.3 is 0 Å². The van der Waals surface area contributed by atoms with Crippen molar-refractivity contribution in [1.82, 2.24) is 9.97 Å². The third-order valence-corrected chi connectivity index (χ3v) is 3.05. The molecule has 0 aliphatic carbocycles. The van der Waals surface area contributed by atoms with Gasteiger partial charge in [-0.2, -0.15) is 5.26 Å². The van der Waals surface area contributed by atoms with Gasteiger partial charge in [-0.3, -0.25) is 0 Å². The predicted octanol–water partition coefficient (Wildman–Crippen LogP) is 2.62. The second-order valence-electron chi connectivity index (χ2n) is 4.44. The Hall–Kier alpha value is -1.38. The molecule has 1 aromatic rings. The first-order valence-electron chi connectivity index (χ1n) is 6.23. The Morgan fingerprint density at radius 1 is 1.42 bits per heavy atom. The van der Waals surface area contributed by atoms with Crippen molar-refractivity contribution in [1.29, 1.82) is 5.26 Å². The molecule has 19 heavy (non-hydrogen) atoms. The first-order valence-corrected chi connectivity index (χ1v) is 6.60. The van der Waals surface area contributed by atoms with Crippen molar-refractivity contribution in [2.45, 2.75) is 26.2 Å². The van der Waals surface area contributed by atoms with Crippen LogP contribution < -0.4 is 4.90 Å². The summed E-state index contributed by atoms with van der Waals surface area (Å²) in [5.41, 5.74) is 0.915. The van der Waals surface area contributed by atoms with Crippen LogP contribution in [-0.2, 0) is 4.74 Å². The van der Waals surface area contributed by atoms with E-state index in [0.717, 1.165) is 11.4 Å². The number of aromatic nitrogens is 2. The van der Waals surface area contributed by atoms with Crippen molar-refractivity contribution in [2.24, 2.45) is 0 Å². The fraction of sp³-hybridized carbons (Fsp3) is 0.615. The molecule has 0 bridgehead atoms. The topological polar surface area (TPSA) is 62.0 Å². The van der Waals surface area contributed by atoms with E-state index in [0.29, 0.717) is 31.3 Å². The van der Waals surface area contributed by atoms with Gasteiger partial charge in [-0.15, -0.1) is 0 Å². The zero-order valence-corrected chi connectivity index (χ0v) is 12.3. The van der Waals surface area contributed by atoms with E-state index >= 15 is 0 Å². The van der Waals surface area contributed by atoms with Gasteiger partial charge < -0.3 is 9.64 Å². The van der Waals surface area contributed by atoms with Crippen LogP contribution in [0.3, 0.4) is 0 Å². The zero-order valence-electron chi connectivity index (χ0n) is 11.6. The van der Waals surface area contributed by atoms with Gasteiger partial charge in [0, 0.05) is 25.8 Å². The minimum absolute atomic E-state index is 0.218. The maximum atomic E-state index is 8.75. The smallest absolute Gasteiger partial charge is 0.138 e. The van der Waals surface area contributed by atoms with Gasteiger partial charge in [0.15, 0.2) is 0 Å². The Balaban J connectivity index is 3.06. The van der Waals surface area contributed by atoms with E-state index in [1.165, 1.54) is 6.33 Å². The van der Waals surface area contributed by atoms with Crippen molar-refractivity contribution < 1.29 is 4.74 Å². The Bertz CT molecular complexity index is 445. The van der Waals surface area contributed by atoms with E-state index in [4.69, 9.17) is 21.6 Å². The Morgan fingerprint density at radius 2 is 2.16 bits per heavy atom. The van der Waals surface area contributed by atoms with Gasteiger partial charge in [0.1, 0.15) is 17.3 Å². The number of hydrogen-bond donors (Lipinski definition) is 0. The van der Waals surface area contributed by atoms with E-state index in [2.05, 4.69) is 16.0 Å². The molecule has 1 rings (SSSR count). The van der Waals surface area contributed by atoms with Crippen molar-refractivity contribution in [3.05, 3.63) is 17.0 Å². The lowest BCUT2D eigenvalue weighted by molar-refractivity contribution is 0.205. The molecule has 0 aromatic carbocycles. The molecule has 5 nitrogen and oxygen atoms in total. The molecule has 0 atom stereocenters. The molecule has 0 unspecified atom stereocenters. The first kappa shape index (κ1) is 15.7. The second-order valence-corrected chi connectivity index (χ2v) is 4.80. The van der Waals surface area contributed by atoms with Crippen molar-refractivity contribution in [3.8, 4) is 6.07 Å². The van der Waals surface area contributed by atoms with E-state index in [1.807, 2.05) is 18.7 Å². The monoisotopic (exact) mass is 282 g/mol. The van der Waals surface area contributed by atoms with E-state index in [1.54, 1.807) is 7.11 Å². The summed E-state index contributed by atoms with van der Waals surface area (Å²) in [6, 6.07) is 2.15. The summed E-state index contributed by atoms with van der Waals surface area (Å²) in [5.74, 6) is 1.01. The highest BCUT2D eigenvalue weighted by atomic mass is 35.5. The SMILES string of the molecule is COCCN(CCC#N)c1ncnc(Cl)c1C(C)C. The lowest BCUT2D eigenvalue weighted by Crippen LogP contribution is -2.30. The summed E-state index contributed by atoms with van der Waals surface area (Å²) in [5, 5.41) is 9.23. The van der Waals surface area contributed by atoms with Crippen LogP contribution in [0.25, 0.3) is 0 Å². The fourth-order valence-corrected chi connectivity index (χ4v) is 2.17. The Labute approximate surface area is 119 Å². The lowest BCUT2D eigenvalue weighted by Gasteiger charge is -2.26. The van der Waals surface area contributed by atoms with Crippen LogP contribution in [-0.4, -0.2) is 36.8 Å². The maximum absolute atomic E-state index is 8.75. The number of halogens is 1. The molecule has 0 radical (unpaired) electrons. The van der Waals surface area contributed by atoms with Crippen LogP contribution in [0.5, 0.6) is 0 Å². The minimum atomic E-state index is 0.218. The van der Waals surface area contributed by atoms with Crippen LogP contribution in [0.1, 0.15) is 31.7 Å². The van der Waals surface area contributed by atoms with Crippen LogP contribution in [0.2, 0.25) is 5.15 Å². The minimum Gasteiger partial charge on any atom is -0.383 e. The average Bonchev–Trinajstić information content (AvgIpc) is 2.38. The molecule has 1 heterocycles. The quantitative estimate of drug-likeness (QED) is 0.720. The number of ether oxygens (including phenoxy) is 1. The standard InChI is InChI=1S/C13H19ClN4O/c1-10(2)11-12(14)16-9-17-13(11)18(6-4-5-15)7-8-19-3/h9-10H,4,6-8H2,1-3H3. The number of rotatable bonds is 7. The van der Waals surface area contributed by atoms with Gasteiger partial charge in [0.25, 0.3) is 0 Å². The van der Waals surface area contributed by atoms with Gasteiger partial charge in [0.2, 0.25) is 0 Å². The maximum Gasteiger partial charge on any atom is 0.138 e. The normalized spacial score (nSPS) is 10.5. The van der Waals surface area contributed by atoms with Gasteiger partial charge in [-0.1, -0.05) is 25.4 Å². The predicted molar refractivity (Wildman–Crippen MR) is 75.5 cm³/mol. The molecule has 0 amide bonds. The molecular weight excluding hydrogens is 264 g/mol. The second kappa shape index (κ2) is 7.93. The molecule has 1 aromatic heterocycles. The fourth-order valence-electron chi connectivity index (χ4n) is 1.82. The molecular formula is C13H19ClN4O. The third kappa shape index (κ3) is 4.34. The van der Waals surface area contributed by atoms with Crippen LogP contribution in [0.4, 0.5) is 5.82 Å². The van der Waals surface area contributed by atoms with Crippen LogP contribution in [0, 0.1) is 11.3 Å². The molecule has 0 saturated heterocycles. The van der Waals surface area contributed by atoms with E-state index in [-0.39, 0.29) is 5.92 Å².